The van der Waals surface area contributed by atoms with Gasteiger partial charge in [-0.2, -0.15) is 0 Å². The van der Waals surface area contributed by atoms with E-state index < -0.39 is 11.4 Å². The summed E-state index contributed by atoms with van der Waals surface area (Å²) in [5.74, 6) is -0.470. The second-order valence-corrected chi connectivity index (χ2v) is 5.96. The highest BCUT2D eigenvalue weighted by molar-refractivity contribution is 5.85. The van der Waals surface area contributed by atoms with E-state index in [0.29, 0.717) is 18.8 Å². The van der Waals surface area contributed by atoms with E-state index in [1.165, 1.54) is 0 Å². The van der Waals surface area contributed by atoms with Gasteiger partial charge in [-0.15, -0.1) is 0 Å². The molecule has 0 aromatic heterocycles. The summed E-state index contributed by atoms with van der Waals surface area (Å²) in [6.07, 6.45) is 3.26. The SMILES string of the molecule is CC(C)C(C)N(C)C(=O)CC1(C(=O)O)CCCC1. The maximum absolute atomic E-state index is 12.2. The van der Waals surface area contributed by atoms with Gasteiger partial charge in [0, 0.05) is 19.5 Å². The Kier molecular flexibility index (Phi) is 4.77. The summed E-state index contributed by atoms with van der Waals surface area (Å²) in [5, 5.41) is 9.37. The van der Waals surface area contributed by atoms with Gasteiger partial charge in [0.25, 0.3) is 0 Å². The Morgan fingerprint density at radius 3 is 2.11 bits per heavy atom. The first-order valence-electron chi connectivity index (χ1n) is 6.79. The van der Waals surface area contributed by atoms with Gasteiger partial charge in [0.15, 0.2) is 0 Å². The highest BCUT2D eigenvalue weighted by Gasteiger charge is 2.43. The largest absolute Gasteiger partial charge is 0.481 e. The molecule has 0 bridgehead atoms. The van der Waals surface area contributed by atoms with Crippen molar-refractivity contribution in [1.82, 2.24) is 4.90 Å². The smallest absolute Gasteiger partial charge is 0.310 e. The first-order chi connectivity index (χ1) is 8.30. The molecule has 0 radical (unpaired) electrons. The molecule has 1 rings (SSSR count). The van der Waals surface area contributed by atoms with Crippen molar-refractivity contribution >= 4 is 11.9 Å². The minimum absolute atomic E-state index is 0.0412. The highest BCUT2D eigenvalue weighted by atomic mass is 16.4. The molecule has 1 amide bonds. The van der Waals surface area contributed by atoms with Crippen LogP contribution < -0.4 is 0 Å². The first kappa shape index (κ1) is 15.0. The summed E-state index contributed by atoms with van der Waals surface area (Å²) in [4.78, 5) is 25.3. The van der Waals surface area contributed by atoms with Crippen LogP contribution in [-0.4, -0.2) is 35.0 Å². The van der Waals surface area contributed by atoms with Gasteiger partial charge >= 0.3 is 5.97 Å². The van der Waals surface area contributed by atoms with Crippen LogP contribution in [0, 0.1) is 11.3 Å². The molecule has 1 aliphatic rings. The molecule has 0 aliphatic heterocycles. The molecule has 1 atom stereocenters. The number of carboxylic acid groups (broad SMARTS) is 1. The molecule has 4 heteroatoms. The highest BCUT2D eigenvalue weighted by Crippen LogP contribution is 2.41. The van der Waals surface area contributed by atoms with Crippen LogP contribution in [0.2, 0.25) is 0 Å². The van der Waals surface area contributed by atoms with Crippen LogP contribution in [0.1, 0.15) is 52.9 Å². The molecule has 1 fully saturated rings. The van der Waals surface area contributed by atoms with E-state index in [0.717, 1.165) is 12.8 Å². The van der Waals surface area contributed by atoms with Crippen molar-refractivity contribution in [2.45, 2.75) is 58.9 Å². The quantitative estimate of drug-likeness (QED) is 0.821. The normalized spacial score (nSPS) is 19.8. The third kappa shape index (κ3) is 3.03. The molecule has 0 aromatic rings. The molecule has 4 nitrogen and oxygen atoms in total. The van der Waals surface area contributed by atoms with Gasteiger partial charge in [0.2, 0.25) is 5.91 Å². The Balaban J connectivity index is 2.71. The molecule has 1 aliphatic carbocycles. The third-order valence-electron chi connectivity index (χ3n) is 4.47. The number of amides is 1. The van der Waals surface area contributed by atoms with E-state index in [-0.39, 0.29) is 18.4 Å². The van der Waals surface area contributed by atoms with Crippen LogP contribution in [0.5, 0.6) is 0 Å². The van der Waals surface area contributed by atoms with E-state index >= 15 is 0 Å². The predicted octanol–water partition coefficient (Wildman–Crippen LogP) is 2.52. The van der Waals surface area contributed by atoms with Crippen molar-refractivity contribution in [3.8, 4) is 0 Å². The Bertz CT molecular complexity index is 319. The lowest BCUT2D eigenvalue weighted by molar-refractivity contribution is -0.153. The molecule has 18 heavy (non-hydrogen) atoms. The Labute approximate surface area is 109 Å². The minimum Gasteiger partial charge on any atom is -0.481 e. The van der Waals surface area contributed by atoms with E-state index in [1.807, 2.05) is 6.92 Å². The molecule has 0 saturated heterocycles. The van der Waals surface area contributed by atoms with Crippen molar-refractivity contribution in [2.75, 3.05) is 7.05 Å². The van der Waals surface area contributed by atoms with Gasteiger partial charge in [-0.05, 0) is 25.7 Å². The zero-order chi connectivity index (χ0) is 13.9. The maximum atomic E-state index is 12.2. The van der Waals surface area contributed by atoms with E-state index in [1.54, 1.807) is 11.9 Å². The van der Waals surface area contributed by atoms with E-state index in [4.69, 9.17) is 0 Å². The molecule has 0 heterocycles. The summed E-state index contributed by atoms with van der Waals surface area (Å²) in [6.45, 7) is 6.14. The van der Waals surface area contributed by atoms with Crippen LogP contribution in [0.4, 0.5) is 0 Å². The summed E-state index contributed by atoms with van der Waals surface area (Å²) < 4.78 is 0. The fraction of sp³-hybridized carbons (Fsp3) is 0.857. The molecule has 0 aromatic carbocycles. The Morgan fingerprint density at radius 2 is 1.72 bits per heavy atom. The second-order valence-electron chi connectivity index (χ2n) is 5.96. The van der Waals surface area contributed by atoms with Gasteiger partial charge in [-0.3, -0.25) is 9.59 Å². The summed E-state index contributed by atoms with van der Waals surface area (Å²) in [5.41, 5.74) is -0.804. The molecule has 104 valence electrons. The average Bonchev–Trinajstić information content (AvgIpc) is 2.76. The van der Waals surface area contributed by atoms with Crippen LogP contribution in [-0.2, 0) is 9.59 Å². The Morgan fingerprint density at radius 1 is 1.22 bits per heavy atom. The zero-order valence-corrected chi connectivity index (χ0v) is 11.9. The average molecular weight is 255 g/mol. The topological polar surface area (TPSA) is 57.6 Å². The van der Waals surface area contributed by atoms with Gasteiger partial charge < -0.3 is 10.0 Å². The monoisotopic (exact) mass is 255 g/mol. The van der Waals surface area contributed by atoms with Gasteiger partial charge in [0.1, 0.15) is 0 Å². The fourth-order valence-corrected chi connectivity index (χ4v) is 2.61. The van der Waals surface area contributed by atoms with Crippen molar-refractivity contribution in [1.29, 1.82) is 0 Å². The van der Waals surface area contributed by atoms with Crippen LogP contribution in [0.3, 0.4) is 0 Å². The number of carbonyl (C=O) groups excluding carboxylic acids is 1. The number of nitrogens with zero attached hydrogens (tertiary/aromatic N) is 1. The molecule has 1 unspecified atom stereocenters. The van der Waals surface area contributed by atoms with Crippen LogP contribution in [0.25, 0.3) is 0 Å². The van der Waals surface area contributed by atoms with Gasteiger partial charge in [0.05, 0.1) is 5.41 Å². The zero-order valence-electron chi connectivity index (χ0n) is 11.9. The second kappa shape index (κ2) is 5.72. The number of aliphatic carboxylic acids is 1. The maximum Gasteiger partial charge on any atom is 0.310 e. The predicted molar refractivity (Wildman–Crippen MR) is 70.2 cm³/mol. The molecule has 0 spiro atoms. The number of carboxylic acids is 1. The number of carbonyl (C=O) groups is 2. The molecular formula is C14H25NO3. The van der Waals surface area contributed by atoms with Crippen molar-refractivity contribution < 1.29 is 14.7 Å². The lowest BCUT2D eigenvalue weighted by Crippen LogP contribution is -2.42. The van der Waals surface area contributed by atoms with Crippen molar-refractivity contribution in [3.05, 3.63) is 0 Å². The van der Waals surface area contributed by atoms with E-state index in [2.05, 4.69) is 13.8 Å². The lowest BCUT2D eigenvalue weighted by Gasteiger charge is -2.31. The fourth-order valence-electron chi connectivity index (χ4n) is 2.61. The van der Waals surface area contributed by atoms with Gasteiger partial charge in [-0.25, -0.2) is 0 Å². The van der Waals surface area contributed by atoms with Crippen LogP contribution in [0.15, 0.2) is 0 Å². The Hall–Kier alpha value is -1.06. The third-order valence-corrected chi connectivity index (χ3v) is 4.47. The number of hydrogen-bond donors (Lipinski definition) is 1. The summed E-state index contributed by atoms with van der Waals surface area (Å²) in [7, 11) is 1.78. The first-order valence-corrected chi connectivity index (χ1v) is 6.79. The standard InChI is InChI=1S/C14H25NO3/c1-10(2)11(3)15(4)12(16)9-14(13(17)18)7-5-6-8-14/h10-11H,5-9H2,1-4H3,(H,17,18). The van der Waals surface area contributed by atoms with Crippen LogP contribution >= 0.6 is 0 Å². The minimum atomic E-state index is -0.807. The van der Waals surface area contributed by atoms with E-state index in [9.17, 15) is 14.7 Å². The number of rotatable bonds is 5. The molecule has 1 saturated carbocycles. The molecular weight excluding hydrogens is 230 g/mol. The van der Waals surface area contributed by atoms with Crippen molar-refractivity contribution in [2.24, 2.45) is 11.3 Å². The lowest BCUT2D eigenvalue weighted by atomic mass is 9.82. The van der Waals surface area contributed by atoms with Gasteiger partial charge in [-0.1, -0.05) is 26.7 Å². The molecule has 1 N–H and O–H groups in total. The van der Waals surface area contributed by atoms with Crippen molar-refractivity contribution in [3.63, 3.8) is 0 Å². The summed E-state index contributed by atoms with van der Waals surface area (Å²) in [6, 6.07) is 0.143. The number of hydrogen-bond acceptors (Lipinski definition) is 2. The summed E-state index contributed by atoms with van der Waals surface area (Å²) >= 11 is 0.